The van der Waals surface area contributed by atoms with E-state index in [-0.39, 0.29) is 36.8 Å². The highest BCUT2D eigenvalue weighted by molar-refractivity contribution is 5.96. The number of benzene rings is 2. The van der Waals surface area contributed by atoms with Gasteiger partial charge in [0, 0.05) is 11.6 Å². The quantitative estimate of drug-likeness (QED) is 0.817. The molecule has 6 heteroatoms. The fourth-order valence-electron chi connectivity index (χ4n) is 1.99. The van der Waals surface area contributed by atoms with E-state index in [0.29, 0.717) is 11.3 Å². The molecular formula is C18H19FN2O3. The van der Waals surface area contributed by atoms with Gasteiger partial charge >= 0.3 is 0 Å². The van der Waals surface area contributed by atoms with Crippen molar-refractivity contribution in [3.8, 4) is 5.75 Å². The van der Waals surface area contributed by atoms with E-state index in [0.717, 1.165) is 0 Å². The molecule has 2 amide bonds. The third-order valence-electron chi connectivity index (χ3n) is 3.17. The van der Waals surface area contributed by atoms with Gasteiger partial charge in [-0.05, 0) is 31.2 Å². The molecule has 0 radical (unpaired) electrons. The second-order valence-corrected chi connectivity index (χ2v) is 5.24. The second kappa shape index (κ2) is 8.67. The van der Waals surface area contributed by atoms with Crippen molar-refractivity contribution in [3.63, 3.8) is 0 Å². The van der Waals surface area contributed by atoms with Crippen molar-refractivity contribution in [2.24, 2.45) is 0 Å². The summed E-state index contributed by atoms with van der Waals surface area (Å²) in [5.74, 6) is -0.620. The lowest BCUT2D eigenvalue weighted by Gasteiger charge is -2.15. The van der Waals surface area contributed by atoms with Gasteiger partial charge in [-0.3, -0.25) is 9.59 Å². The van der Waals surface area contributed by atoms with Gasteiger partial charge in [0.2, 0.25) is 5.91 Å². The fourth-order valence-corrected chi connectivity index (χ4v) is 1.99. The highest BCUT2D eigenvalue weighted by atomic mass is 19.1. The second-order valence-electron chi connectivity index (χ2n) is 5.24. The summed E-state index contributed by atoms with van der Waals surface area (Å²) in [6, 6.07) is 14.4. The average molecular weight is 330 g/mol. The lowest BCUT2D eigenvalue weighted by atomic mass is 10.2. The summed E-state index contributed by atoms with van der Waals surface area (Å²) >= 11 is 0. The topological polar surface area (TPSA) is 67.4 Å². The molecule has 2 rings (SSSR count). The zero-order valence-corrected chi connectivity index (χ0v) is 13.3. The molecule has 0 fully saturated rings. The van der Waals surface area contributed by atoms with Crippen LogP contribution in [0.2, 0.25) is 0 Å². The molecule has 5 nitrogen and oxygen atoms in total. The maximum atomic E-state index is 13.1. The first-order valence-electron chi connectivity index (χ1n) is 7.57. The lowest BCUT2D eigenvalue weighted by molar-refractivity contribution is -0.120. The number of hydrogen-bond acceptors (Lipinski definition) is 3. The van der Waals surface area contributed by atoms with Gasteiger partial charge < -0.3 is 15.4 Å². The summed E-state index contributed by atoms with van der Waals surface area (Å²) < 4.78 is 18.6. The van der Waals surface area contributed by atoms with Crippen LogP contribution >= 0.6 is 0 Å². The van der Waals surface area contributed by atoms with E-state index in [1.807, 2.05) is 6.07 Å². The molecule has 0 bridgehead atoms. The molecule has 0 aliphatic carbocycles. The zero-order valence-electron chi connectivity index (χ0n) is 13.3. The largest absolute Gasteiger partial charge is 0.489 e. The minimum absolute atomic E-state index is 0.125. The van der Waals surface area contributed by atoms with Crippen molar-refractivity contribution in [3.05, 3.63) is 66.0 Å². The van der Waals surface area contributed by atoms with Crippen molar-refractivity contribution < 1.29 is 18.7 Å². The molecule has 0 spiro atoms. The summed E-state index contributed by atoms with van der Waals surface area (Å²) in [6.45, 7) is 1.88. The highest BCUT2D eigenvalue weighted by Gasteiger charge is 2.10. The van der Waals surface area contributed by atoms with Crippen molar-refractivity contribution >= 4 is 11.8 Å². The SMILES string of the molecule is C[C@@H](CNC(=O)CNC(=O)c1ccccc1)Oc1cccc(F)c1. The molecule has 0 saturated carbocycles. The summed E-state index contributed by atoms with van der Waals surface area (Å²) in [4.78, 5) is 23.6. The van der Waals surface area contributed by atoms with Crippen molar-refractivity contribution in [2.75, 3.05) is 13.1 Å². The number of ether oxygens (including phenoxy) is 1. The Hall–Kier alpha value is -2.89. The van der Waals surface area contributed by atoms with Crippen molar-refractivity contribution in [1.82, 2.24) is 10.6 Å². The Morgan fingerprint density at radius 3 is 2.54 bits per heavy atom. The minimum atomic E-state index is -0.382. The third-order valence-corrected chi connectivity index (χ3v) is 3.17. The number of hydrogen-bond donors (Lipinski definition) is 2. The monoisotopic (exact) mass is 330 g/mol. The van der Waals surface area contributed by atoms with Crippen molar-refractivity contribution in [1.29, 1.82) is 0 Å². The molecular weight excluding hydrogens is 311 g/mol. The van der Waals surface area contributed by atoms with E-state index in [1.165, 1.54) is 12.1 Å². The standard InChI is InChI=1S/C18H19FN2O3/c1-13(24-16-9-5-8-15(19)10-16)11-20-17(22)12-21-18(23)14-6-3-2-4-7-14/h2-10,13H,11-12H2,1H3,(H,20,22)(H,21,23)/t13-/m0/s1. The van der Waals surface area contributed by atoms with Crippen LogP contribution in [0.1, 0.15) is 17.3 Å². The molecule has 24 heavy (non-hydrogen) atoms. The van der Waals surface area contributed by atoms with E-state index in [4.69, 9.17) is 4.74 Å². The van der Waals surface area contributed by atoms with Gasteiger partial charge in [-0.1, -0.05) is 24.3 Å². The Bertz CT molecular complexity index is 692. The number of amides is 2. The first-order valence-corrected chi connectivity index (χ1v) is 7.57. The van der Waals surface area contributed by atoms with Crippen LogP contribution < -0.4 is 15.4 Å². The Labute approximate surface area is 139 Å². The number of halogens is 1. The van der Waals surface area contributed by atoms with Crippen LogP contribution in [0.4, 0.5) is 4.39 Å². The number of rotatable bonds is 7. The molecule has 126 valence electrons. The molecule has 0 aromatic heterocycles. The zero-order chi connectivity index (χ0) is 17.4. The Morgan fingerprint density at radius 2 is 1.83 bits per heavy atom. The summed E-state index contributed by atoms with van der Waals surface area (Å²) in [5, 5.41) is 5.19. The highest BCUT2D eigenvalue weighted by Crippen LogP contribution is 2.13. The molecule has 0 unspecified atom stereocenters. The van der Waals surface area contributed by atoms with Crippen LogP contribution in [-0.2, 0) is 4.79 Å². The maximum Gasteiger partial charge on any atom is 0.251 e. The van der Waals surface area contributed by atoms with Crippen molar-refractivity contribution in [2.45, 2.75) is 13.0 Å². The van der Waals surface area contributed by atoms with Crippen LogP contribution in [-0.4, -0.2) is 31.0 Å². The van der Waals surface area contributed by atoms with Crippen LogP contribution in [0, 0.1) is 5.82 Å². The first-order chi connectivity index (χ1) is 11.5. The molecule has 0 saturated heterocycles. The van der Waals surface area contributed by atoms with E-state index < -0.39 is 0 Å². The van der Waals surface area contributed by atoms with Gasteiger partial charge in [0.05, 0.1) is 13.1 Å². The normalized spacial score (nSPS) is 11.4. The van der Waals surface area contributed by atoms with E-state index in [2.05, 4.69) is 10.6 Å². The Balaban J connectivity index is 1.70. The number of carbonyl (C=O) groups excluding carboxylic acids is 2. The smallest absolute Gasteiger partial charge is 0.251 e. The predicted molar refractivity (Wildman–Crippen MR) is 88.3 cm³/mol. The van der Waals surface area contributed by atoms with Gasteiger partial charge in [-0.15, -0.1) is 0 Å². The molecule has 1 atom stereocenters. The lowest BCUT2D eigenvalue weighted by Crippen LogP contribution is -2.40. The molecule has 2 N–H and O–H groups in total. The van der Waals surface area contributed by atoms with Gasteiger partial charge in [0.1, 0.15) is 17.7 Å². The molecule has 2 aromatic carbocycles. The first kappa shape index (κ1) is 17.5. The summed E-state index contributed by atoms with van der Waals surface area (Å²) in [7, 11) is 0. The summed E-state index contributed by atoms with van der Waals surface area (Å²) in [6.07, 6.45) is -0.333. The van der Waals surface area contributed by atoms with E-state index in [1.54, 1.807) is 43.3 Å². The van der Waals surface area contributed by atoms with Crippen LogP contribution in [0.25, 0.3) is 0 Å². The average Bonchev–Trinajstić information content (AvgIpc) is 2.58. The molecule has 2 aromatic rings. The van der Waals surface area contributed by atoms with Gasteiger partial charge in [-0.2, -0.15) is 0 Å². The predicted octanol–water partition coefficient (Wildman–Crippen LogP) is 2.14. The van der Waals surface area contributed by atoms with Crippen LogP contribution in [0.3, 0.4) is 0 Å². The third kappa shape index (κ3) is 5.72. The van der Waals surface area contributed by atoms with Gasteiger partial charge in [0.25, 0.3) is 5.91 Å². The number of nitrogens with one attached hydrogen (secondary N) is 2. The Morgan fingerprint density at radius 1 is 1.08 bits per heavy atom. The van der Waals surface area contributed by atoms with Crippen LogP contribution in [0.15, 0.2) is 54.6 Å². The fraction of sp³-hybridized carbons (Fsp3) is 0.222. The number of carbonyl (C=O) groups is 2. The minimum Gasteiger partial charge on any atom is -0.489 e. The molecule has 0 aliphatic rings. The maximum absolute atomic E-state index is 13.1. The molecule has 0 heterocycles. The van der Waals surface area contributed by atoms with Crippen LogP contribution in [0.5, 0.6) is 5.75 Å². The summed E-state index contributed by atoms with van der Waals surface area (Å²) in [5.41, 5.74) is 0.494. The molecule has 0 aliphatic heterocycles. The van der Waals surface area contributed by atoms with Gasteiger partial charge in [-0.25, -0.2) is 4.39 Å². The van der Waals surface area contributed by atoms with E-state index in [9.17, 15) is 14.0 Å². The Kier molecular flexibility index (Phi) is 6.31. The van der Waals surface area contributed by atoms with E-state index >= 15 is 0 Å². The van der Waals surface area contributed by atoms with Gasteiger partial charge in [0.15, 0.2) is 0 Å².